The predicted molar refractivity (Wildman–Crippen MR) is 74.6 cm³/mol. The predicted octanol–water partition coefficient (Wildman–Crippen LogP) is 1.87. The Morgan fingerprint density at radius 3 is 2.45 bits per heavy atom. The van der Waals surface area contributed by atoms with Crippen LogP contribution in [0.1, 0.15) is 5.56 Å². The fraction of sp³-hybridized carbons (Fsp3) is 0.154. The highest BCUT2D eigenvalue weighted by atomic mass is 16.6. The fourth-order valence-corrected chi connectivity index (χ4v) is 1.67. The Hall–Kier alpha value is -2.67. The van der Waals surface area contributed by atoms with Gasteiger partial charge in [-0.2, -0.15) is 4.98 Å². The van der Waals surface area contributed by atoms with E-state index in [-0.39, 0.29) is 17.4 Å². The molecule has 1 aromatic carbocycles. The second-order valence-corrected chi connectivity index (χ2v) is 4.10. The lowest BCUT2D eigenvalue weighted by atomic mass is 10.1. The zero-order chi connectivity index (χ0) is 14.5. The normalized spacial score (nSPS) is 10.2. The van der Waals surface area contributed by atoms with Gasteiger partial charge in [0.05, 0.1) is 4.92 Å². The van der Waals surface area contributed by atoms with Crippen molar-refractivity contribution < 1.29 is 9.66 Å². The van der Waals surface area contributed by atoms with Crippen molar-refractivity contribution in [1.82, 2.24) is 4.98 Å². The lowest BCUT2D eigenvalue weighted by Crippen LogP contribution is -2.02. The zero-order valence-corrected chi connectivity index (χ0v) is 10.7. The number of nitrogen functional groups attached to an aromatic ring is 1. The second kappa shape index (κ2) is 5.98. The standard InChI is InChI=1S/C13H14N4O3/c14-8-7-9-1-3-10(4-2-9)20-12-6-5-11(17(18)19)13(15)16-12/h1-6H,7-8,14H2,(H2,15,16). The van der Waals surface area contributed by atoms with E-state index < -0.39 is 4.92 Å². The van der Waals surface area contributed by atoms with Gasteiger partial charge < -0.3 is 16.2 Å². The highest BCUT2D eigenvalue weighted by molar-refractivity contribution is 5.53. The van der Waals surface area contributed by atoms with Crippen LogP contribution in [0.4, 0.5) is 11.5 Å². The summed E-state index contributed by atoms with van der Waals surface area (Å²) in [4.78, 5) is 13.9. The maximum Gasteiger partial charge on any atom is 0.311 e. The average molecular weight is 274 g/mol. The molecule has 0 aliphatic heterocycles. The summed E-state index contributed by atoms with van der Waals surface area (Å²) in [5.74, 6) is 0.610. The Morgan fingerprint density at radius 1 is 1.20 bits per heavy atom. The minimum atomic E-state index is -0.590. The quantitative estimate of drug-likeness (QED) is 0.634. The molecule has 0 bridgehead atoms. The van der Waals surface area contributed by atoms with Crippen molar-refractivity contribution in [3.8, 4) is 11.6 Å². The van der Waals surface area contributed by atoms with Crippen LogP contribution in [0.15, 0.2) is 36.4 Å². The van der Waals surface area contributed by atoms with Crippen LogP contribution in [0.5, 0.6) is 11.6 Å². The largest absolute Gasteiger partial charge is 0.439 e. The summed E-state index contributed by atoms with van der Waals surface area (Å²) in [6.07, 6.45) is 0.795. The lowest BCUT2D eigenvalue weighted by molar-refractivity contribution is -0.384. The summed E-state index contributed by atoms with van der Waals surface area (Å²) in [6, 6.07) is 10.0. The molecule has 0 fully saturated rings. The Morgan fingerprint density at radius 2 is 1.90 bits per heavy atom. The number of nitro groups is 1. The number of aromatic nitrogens is 1. The van der Waals surface area contributed by atoms with Gasteiger partial charge in [0.25, 0.3) is 0 Å². The van der Waals surface area contributed by atoms with Gasteiger partial charge in [0.15, 0.2) is 0 Å². The Bertz CT molecular complexity index is 614. The molecule has 0 amide bonds. The summed E-state index contributed by atoms with van der Waals surface area (Å²) in [5.41, 5.74) is 11.8. The Labute approximate surface area is 115 Å². The number of ether oxygens (including phenoxy) is 1. The number of pyridine rings is 1. The zero-order valence-electron chi connectivity index (χ0n) is 10.7. The molecule has 2 rings (SSSR count). The van der Waals surface area contributed by atoms with Crippen molar-refractivity contribution in [3.63, 3.8) is 0 Å². The summed E-state index contributed by atoms with van der Waals surface area (Å²) in [5, 5.41) is 10.6. The molecule has 4 N–H and O–H groups in total. The molecule has 20 heavy (non-hydrogen) atoms. The van der Waals surface area contributed by atoms with Crippen LogP contribution < -0.4 is 16.2 Å². The summed E-state index contributed by atoms with van der Waals surface area (Å²) in [6.45, 7) is 0.584. The number of nitrogens with zero attached hydrogens (tertiary/aromatic N) is 2. The van der Waals surface area contributed by atoms with Gasteiger partial charge in [0, 0.05) is 12.1 Å². The molecule has 0 atom stereocenters. The highest BCUT2D eigenvalue weighted by Gasteiger charge is 2.13. The van der Waals surface area contributed by atoms with Crippen molar-refractivity contribution in [3.05, 3.63) is 52.1 Å². The Kier molecular flexibility index (Phi) is 4.11. The van der Waals surface area contributed by atoms with Gasteiger partial charge in [-0.3, -0.25) is 10.1 Å². The number of hydrogen-bond donors (Lipinski definition) is 2. The van der Waals surface area contributed by atoms with Gasteiger partial charge in [-0.1, -0.05) is 12.1 Å². The first-order chi connectivity index (χ1) is 9.60. The topological polar surface area (TPSA) is 117 Å². The van der Waals surface area contributed by atoms with Crippen LogP contribution in [0.25, 0.3) is 0 Å². The molecule has 0 aliphatic carbocycles. The van der Waals surface area contributed by atoms with Gasteiger partial charge in [0.1, 0.15) is 5.75 Å². The summed E-state index contributed by atoms with van der Waals surface area (Å²) in [7, 11) is 0. The second-order valence-electron chi connectivity index (χ2n) is 4.10. The van der Waals surface area contributed by atoms with Crippen LogP contribution >= 0.6 is 0 Å². The molecule has 104 valence electrons. The first-order valence-electron chi connectivity index (χ1n) is 5.98. The van der Waals surface area contributed by atoms with E-state index in [4.69, 9.17) is 16.2 Å². The van der Waals surface area contributed by atoms with E-state index >= 15 is 0 Å². The van der Waals surface area contributed by atoms with Crippen molar-refractivity contribution >= 4 is 11.5 Å². The first-order valence-corrected chi connectivity index (χ1v) is 5.98. The van der Waals surface area contributed by atoms with E-state index in [0.717, 1.165) is 12.0 Å². The molecule has 0 spiro atoms. The molecule has 1 aromatic heterocycles. The van der Waals surface area contributed by atoms with Gasteiger partial charge in [0.2, 0.25) is 11.7 Å². The van der Waals surface area contributed by atoms with E-state index in [1.807, 2.05) is 12.1 Å². The lowest BCUT2D eigenvalue weighted by Gasteiger charge is -2.06. The maximum atomic E-state index is 10.6. The van der Waals surface area contributed by atoms with Crippen LogP contribution in [-0.2, 0) is 6.42 Å². The van der Waals surface area contributed by atoms with E-state index in [9.17, 15) is 10.1 Å². The van der Waals surface area contributed by atoms with E-state index in [1.165, 1.54) is 12.1 Å². The SMILES string of the molecule is NCCc1ccc(Oc2ccc([N+](=O)[O-])c(N)n2)cc1. The molecule has 0 saturated heterocycles. The van der Waals surface area contributed by atoms with Crippen LogP contribution in [0, 0.1) is 10.1 Å². The third-order valence-corrected chi connectivity index (χ3v) is 2.65. The molecule has 1 heterocycles. The highest BCUT2D eigenvalue weighted by Crippen LogP contribution is 2.25. The monoisotopic (exact) mass is 274 g/mol. The molecule has 0 radical (unpaired) electrons. The van der Waals surface area contributed by atoms with Gasteiger partial charge in [-0.25, -0.2) is 0 Å². The van der Waals surface area contributed by atoms with Crippen LogP contribution in [0.3, 0.4) is 0 Å². The first kappa shape index (κ1) is 13.8. The Balaban J connectivity index is 2.13. The number of rotatable bonds is 5. The number of nitrogens with two attached hydrogens (primary N) is 2. The number of anilines is 1. The average Bonchev–Trinajstić information content (AvgIpc) is 2.41. The minimum Gasteiger partial charge on any atom is -0.439 e. The van der Waals surface area contributed by atoms with E-state index in [2.05, 4.69) is 4.98 Å². The molecule has 7 heteroatoms. The molecule has 0 aliphatic rings. The summed E-state index contributed by atoms with van der Waals surface area (Å²) >= 11 is 0. The van der Waals surface area contributed by atoms with Gasteiger partial charge in [-0.05, 0) is 30.7 Å². The van der Waals surface area contributed by atoms with E-state index in [1.54, 1.807) is 12.1 Å². The van der Waals surface area contributed by atoms with Gasteiger partial charge >= 0.3 is 5.69 Å². The fourth-order valence-electron chi connectivity index (χ4n) is 1.67. The van der Waals surface area contributed by atoms with Crippen molar-refractivity contribution in [2.75, 3.05) is 12.3 Å². The third-order valence-electron chi connectivity index (χ3n) is 2.65. The van der Waals surface area contributed by atoms with Crippen LogP contribution in [-0.4, -0.2) is 16.5 Å². The molecule has 0 unspecified atom stereocenters. The molecular formula is C13H14N4O3. The van der Waals surface area contributed by atoms with Crippen molar-refractivity contribution in [1.29, 1.82) is 0 Å². The number of hydrogen-bond acceptors (Lipinski definition) is 6. The molecule has 2 aromatic rings. The number of benzene rings is 1. The smallest absolute Gasteiger partial charge is 0.311 e. The van der Waals surface area contributed by atoms with Gasteiger partial charge in [-0.15, -0.1) is 0 Å². The molecular weight excluding hydrogens is 260 g/mol. The van der Waals surface area contributed by atoms with Crippen LogP contribution in [0.2, 0.25) is 0 Å². The maximum absolute atomic E-state index is 10.6. The minimum absolute atomic E-state index is 0.174. The van der Waals surface area contributed by atoms with Crippen molar-refractivity contribution in [2.45, 2.75) is 6.42 Å². The van der Waals surface area contributed by atoms with E-state index in [0.29, 0.717) is 12.3 Å². The molecule has 0 saturated carbocycles. The molecule has 7 nitrogen and oxygen atoms in total. The van der Waals surface area contributed by atoms with Crippen molar-refractivity contribution in [2.24, 2.45) is 5.73 Å². The summed E-state index contributed by atoms with van der Waals surface area (Å²) < 4.78 is 5.48. The third kappa shape index (κ3) is 3.21.